The second-order valence-electron chi connectivity index (χ2n) is 5.97. The van der Waals surface area contributed by atoms with Gasteiger partial charge in [0.05, 0.1) is 11.9 Å². The van der Waals surface area contributed by atoms with Crippen molar-refractivity contribution in [3.8, 4) is 11.8 Å². The maximum atomic E-state index is 6.38. The highest BCUT2D eigenvalue weighted by Gasteiger charge is 2.48. The molecule has 0 spiro atoms. The summed E-state index contributed by atoms with van der Waals surface area (Å²) < 4.78 is 0. The summed E-state index contributed by atoms with van der Waals surface area (Å²) in [6.07, 6.45) is 10.4. The molecular weight excluding hydrogens is 222 g/mol. The Morgan fingerprint density at radius 3 is 2.94 bits per heavy atom. The van der Waals surface area contributed by atoms with Gasteiger partial charge in [-0.3, -0.25) is 4.98 Å². The van der Waals surface area contributed by atoms with Crippen LogP contribution in [0.25, 0.3) is 0 Å². The molecule has 18 heavy (non-hydrogen) atoms. The summed E-state index contributed by atoms with van der Waals surface area (Å²) in [7, 11) is 0. The van der Waals surface area contributed by atoms with Crippen LogP contribution in [0.5, 0.6) is 0 Å². The van der Waals surface area contributed by atoms with Gasteiger partial charge in [0.1, 0.15) is 5.69 Å². The monoisotopic (exact) mass is 241 g/mol. The largest absolute Gasteiger partial charge is 0.325 e. The van der Waals surface area contributed by atoms with E-state index in [2.05, 4.69) is 21.8 Å². The van der Waals surface area contributed by atoms with Gasteiger partial charge in [-0.1, -0.05) is 12.3 Å². The number of hydrogen-bond acceptors (Lipinski definition) is 3. The van der Waals surface area contributed by atoms with Gasteiger partial charge in [0.2, 0.25) is 0 Å². The zero-order valence-electron chi connectivity index (χ0n) is 10.9. The normalized spacial score (nSPS) is 33.9. The van der Waals surface area contributed by atoms with E-state index in [9.17, 15) is 0 Å². The van der Waals surface area contributed by atoms with Gasteiger partial charge < -0.3 is 5.73 Å². The van der Waals surface area contributed by atoms with Crippen molar-refractivity contribution in [2.45, 2.75) is 51.0 Å². The van der Waals surface area contributed by atoms with E-state index in [1.54, 1.807) is 12.4 Å². The van der Waals surface area contributed by atoms with Crippen LogP contribution in [0, 0.1) is 24.2 Å². The van der Waals surface area contributed by atoms with E-state index in [1.807, 2.05) is 6.92 Å². The molecule has 2 unspecified atom stereocenters. The highest BCUT2D eigenvalue weighted by Crippen LogP contribution is 2.52. The quantitative estimate of drug-likeness (QED) is 0.708. The van der Waals surface area contributed by atoms with Crippen LogP contribution in [0.2, 0.25) is 0 Å². The van der Waals surface area contributed by atoms with Crippen LogP contribution in [0.1, 0.15) is 49.9 Å². The second-order valence-corrected chi connectivity index (χ2v) is 5.97. The molecule has 2 atom stereocenters. The number of aromatic nitrogens is 2. The van der Waals surface area contributed by atoms with Crippen molar-refractivity contribution in [3.05, 3.63) is 23.8 Å². The van der Waals surface area contributed by atoms with E-state index < -0.39 is 0 Å². The Hall–Kier alpha value is -1.40. The number of fused-ring (bicyclic) bond motifs is 2. The predicted octanol–water partition coefficient (Wildman–Crippen LogP) is 2.19. The third-order valence-electron chi connectivity index (χ3n) is 4.33. The highest BCUT2D eigenvalue weighted by molar-refractivity contribution is 5.30. The van der Waals surface area contributed by atoms with Crippen molar-refractivity contribution in [2.24, 2.45) is 11.1 Å². The van der Waals surface area contributed by atoms with Crippen molar-refractivity contribution in [2.75, 3.05) is 0 Å². The van der Waals surface area contributed by atoms with Crippen molar-refractivity contribution in [3.63, 3.8) is 0 Å². The molecule has 1 heterocycles. The van der Waals surface area contributed by atoms with Crippen molar-refractivity contribution in [1.29, 1.82) is 0 Å². The zero-order chi connectivity index (χ0) is 12.6. The molecule has 1 aromatic heterocycles. The summed E-state index contributed by atoms with van der Waals surface area (Å²) in [4.78, 5) is 8.52. The summed E-state index contributed by atoms with van der Waals surface area (Å²) in [6.45, 7) is 1.94. The topological polar surface area (TPSA) is 51.8 Å². The van der Waals surface area contributed by atoms with E-state index in [1.165, 1.54) is 19.3 Å². The molecule has 1 aromatic rings. The molecule has 3 rings (SSSR count). The lowest BCUT2D eigenvalue weighted by molar-refractivity contribution is 0.257. The minimum Gasteiger partial charge on any atom is -0.325 e. The molecule has 0 aliphatic heterocycles. The van der Waals surface area contributed by atoms with Gasteiger partial charge in [-0.05, 0) is 44.9 Å². The van der Waals surface area contributed by atoms with Gasteiger partial charge >= 0.3 is 0 Å². The van der Waals surface area contributed by atoms with Gasteiger partial charge in [-0.2, -0.15) is 0 Å². The molecule has 3 nitrogen and oxygen atoms in total. The first-order valence-corrected chi connectivity index (χ1v) is 6.70. The Bertz CT molecular complexity index is 528. The molecule has 2 aliphatic rings. The Labute approximate surface area is 108 Å². The van der Waals surface area contributed by atoms with Gasteiger partial charge in [0.15, 0.2) is 0 Å². The third-order valence-corrected chi connectivity index (χ3v) is 4.33. The van der Waals surface area contributed by atoms with E-state index in [0.29, 0.717) is 0 Å². The fraction of sp³-hybridized carbons (Fsp3) is 0.600. The maximum absolute atomic E-state index is 6.38. The number of nitrogens with zero attached hydrogens (tertiary/aromatic N) is 2. The summed E-state index contributed by atoms with van der Waals surface area (Å²) in [5.74, 6) is 6.67. The third kappa shape index (κ3) is 2.13. The molecule has 2 bridgehead atoms. The number of nitrogens with two attached hydrogens (primary N) is 1. The predicted molar refractivity (Wildman–Crippen MR) is 70.7 cm³/mol. The maximum Gasteiger partial charge on any atom is 0.131 e. The molecule has 2 fully saturated rings. The standard InChI is InChI=1S/C15H19N3/c1-12-9-17-10-13(18-12)3-6-14-4-2-5-15(16,11-14)8-7-14/h9-10H,2,4-5,7-8,11,16H2,1H3. The summed E-state index contributed by atoms with van der Waals surface area (Å²) in [6, 6.07) is 0. The SMILES string of the molecule is Cc1cncc(C#CC23CCCC(N)(CC2)C3)n1. The van der Waals surface area contributed by atoms with E-state index in [4.69, 9.17) is 5.73 Å². The number of hydrogen-bond donors (Lipinski definition) is 1. The Kier molecular flexibility index (Phi) is 2.64. The van der Waals surface area contributed by atoms with Crippen LogP contribution in [0.15, 0.2) is 12.4 Å². The van der Waals surface area contributed by atoms with Crippen LogP contribution in [-0.2, 0) is 0 Å². The molecule has 2 N–H and O–H groups in total. The Morgan fingerprint density at radius 2 is 2.11 bits per heavy atom. The summed E-state index contributed by atoms with van der Waals surface area (Å²) in [5.41, 5.74) is 8.30. The summed E-state index contributed by atoms with van der Waals surface area (Å²) >= 11 is 0. The van der Waals surface area contributed by atoms with Crippen LogP contribution in [0.3, 0.4) is 0 Å². The number of aryl methyl sites for hydroxylation is 1. The molecule has 3 heteroatoms. The van der Waals surface area contributed by atoms with Crippen LogP contribution < -0.4 is 5.73 Å². The highest BCUT2D eigenvalue weighted by atomic mass is 14.8. The molecule has 0 aromatic carbocycles. The fourth-order valence-corrected chi connectivity index (χ4v) is 3.43. The van der Waals surface area contributed by atoms with Gasteiger partial charge in [0, 0.05) is 17.2 Å². The molecule has 2 aliphatic carbocycles. The van der Waals surface area contributed by atoms with Gasteiger partial charge in [-0.25, -0.2) is 4.98 Å². The van der Waals surface area contributed by atoms with E-state index in [-0.39, 0.29) is 11.0 Å². The molecule has 0 amide bonds. The van der Waals surface area contributed by atoms with Crippen LogP contribution in [0.4, 0.5) is 0 Å². The smallest absolute Gasteiger partial charge is 0.131 e. The molecule has 0 radical (unpaired) electrons. The van der Waals surface area contributed by atoms with Crippen LogP contribution >= 0.6 is 0 Å². The first-order valence-electron chi connectivity index (χ1n) is 6.70. The van der Waals surface area contributed by atoms with Gasteiger partial charge in [-0.15, -0.1) is 0 Å². The first-order chi connectivity index (χ1) is 8.59. The van der Waals surface area contributed by atoms with Crippen molar-refractivity contribution < 1.29 is 0 Å². The average Bonchev–Trinajstić information content (AvgIpc) is 2.58. The lowest BCUT2D eigenvalue weighted by Crippen LogP contribution is -2.40. The first kappa shape index (κ1) is 11.7. The van der Waals surface area contributed by atoms with E-state index >= 15 is 0 Å². The second kappa shape index (κ2) is 4.07. The molecule has 94 valence electrons. The zero-order valence-corrected chi connectivity index (χ0v) is 10.9. The summed E-state index contributed by atoms with van der Waals surface area (Å²) in [5, 5.41) is 0. The van der Waals surface area contributed by atoms with Crippen LogP contribution in [-0.4, -0.2) is 15.5 Å². The average molecular weight is 241 g/mol. The Morgan fingerprint density at radius 1 is 1.22 bits per heavy atom. The molecular formula is C15H19N3. The lowest BCUT2D eigenvalue weighted by atomic mass is 9.74. The molecule has 0 saturated heterocycles. The Balaban J connectivity index is 1.85. The minimum absolute atomic E-state index is 0.0607. The van der Waals surface area contributed by atoms with Crippen molar-refractivity contribution in [1.82, 2.24) is 9.97 Å². The van der Waals surface area contributed by atoms with E-state index in [0.717, 1.165) is 30.7 Å². The van der Waals surface area contributed by atoms with Crippen molar-refractivity contribution >= 4 is 0 Å². The van der Waals surface area contributed by atoms with Gasteiger partial charge in [0.25, 0.3) is 0 Å². The fourth-order valence-electron chi connectivity index (χ4n) is 3.43. The lowest BCUT2D eigenvalue weighted by Gasteiger charge is -2.33. The molecule has 2 saturated carbocycles. The minimum atomic E-state index is 0.0607. The number of rotatable bonds is 0.